The summed E-state index contributed by atoms with van der Waals surface area (Å²) < 4.78 is 28.6. The van der Waals surface area contributed by atoms with Crippen molar-refractivity contribution in [2.75, 3.05) is 6.61 Å². The molecule has 1 aromatic carbocycles. The predicted molar refractivity (Wildman–Crippen MR) is 58.3 cm³/mol. The van der Waals surface area contributed by atoms with Gasteiger partial charge in [0.25, 0.3) is 6.43 Å². The van der Waals surface area contributed by atoms with Gasteiger partial charge in [0.15, 0.2) is 0 Å². The maximum Gasteiger partial charge on any atom is 0.332 e. The van der Waals surface area contributed by atoms with Crippen LogP contribution in [-0.2, 0) is 0 Å². The molecule has 7 heteroatoms. The molecule has 0 aliphatic heterocycles. The number of rotatable bonds is 5. The lowest BCUT2D eigenvalue weighted by atomic mass is 10.2. The first-order valence-corrected chi connectivity index (χ1v) is 4.67. The lowest BCUT2D eigenvalue weighted by molar-refractivity contribution is 0.0819. The number of alkyl halides is 2. The second-order valence-corrected chi connectivity index (χ2v) is 3.01. The van der Waals surface area contributed by atoms with E-state index < -0.39 is 19.1 Å². The fraction of sp³-hybridized carbons (Fsp3) is 0.200. The Balaban J connectivity index is 2.59. The fourth-order valence-corrected chi connectivity index (χ4v) is 1.01. The molecule has 0 saturated carbocycles. The number of amides is 2. The number of ether oxygens (including phenoxy) is 1. The highest BCUT2D eigenvalue weighted by Crippen LogP contribution is 2.12. The first kappa shape index (κ1) is 12.9. The van der Waals surface area contributed by atoms with Crippen molar-refractivity contribution >= 4 is 12.2 Å². The number of halogens is 2. The van der Waals surface area contributed by atoms with E-state index in [-0.39, 0.29) is 0 Å². The summed E-state index contributed by atoms with van der Waals surface area (Å²) >= 11 is 0. The summed E-state index contributed by atoms with van der Waals surface area (Å²) in [7, 11) is 0. The molecule has 0 atom stereocenters. The van der Waals surface area contributed by atoms with E-state index in [2.05, 4.69) is 5.10 Å². The number of nitrogens with two attached hydrogens (primary N) is 1. The second kappa shape index (κ2) is 6.41. The fourth-order valence-electron chi connectivity index (χ4n) is 1.01. The van der Waals surface area contributed by atoms with E-state index >= 15 is 0 Å². The Bertz CT molecular complexity index is 410. The summed E-state index contributed by atoms with van der Waals surface area (Å²) in [5.74, 6) is 0.299. The summed E-state index contributed by atoms with van der Waals surface area (Å²) in [6.45, 7) is -0.667. The molecule has 0 aromatic heterocycles. The summed E-state index contributed by atoms with van der Waals surface area (Å²) in [6, 6.07) is 5.55. The van der Waals surface area contributed by atoms with Crippen LogP contribution in [0.4, 0.5) is 13.6 Å². The minimum absolute atomic E-state index is 0.299. The highest BCUT2D eigenvalue weighted by atomic mass is 19.3. The molecule has 0 bridgehead atoms. The zero-order valence-electron chi connectivity index (χ0n) is 8.77. The lowest BCUT2D eigenvalue weighted by Gasteiger charge is -2.05. The van der Waals surface area contributed by atoms with E-state index in [1.54, 1.807) is 18.2 Å². The topological polar surface area (TPSA) is 76.7 Å². The van der Waals surface area contributed by atoms with E-state index in [9.17, 15) is 13.6 Å². The van der Waals surface area contributed by atoms with Crippen LogP contribution in [0, 0.1) is 0 Å². The molecule has 17 heavy (non-hydrogen) atoms. The van der Waals surface area contributed by atoms with Gasteiger partial charge in [0.2, 0.25) is 0 Å². The van der Waals surface area contributed by atoms with Crippen LogP contribution in [0.5, 0.6) is 5.75 Å². The Kier molecular flexibility index (Phi) is 4.86. The van der Waals surface area contributed by atoms with E-state index in [0.29, 0.717) is 11.3 Å². The smallest absolute Gasteiger partial charge is 0.332 e. The van der Waals surface area contributed by atoms with Gasteiger partial charge < -0.3 is 10.5 Å². The number of primary amides is 1. The largest absolute Gasteiger partial charge is 0.488 e. The lowest BCUT2D eigenvalue weighted by Crippen LogP contribution is -2.24. The van der Waals surface area contributed by atoms with Crippen LogP contribution in [0.2, 0.25) is 0 Å². The van der Waals surface area contributed by atoms with Gasteiger partial charge in [0.05, 0.1) is 6.21 Å². The standard InChI is InChI=1S/C10H11F2N3O2/c11-9(12)6-17-8-3-1-2-7(4-8)5-14-15-10(13)16/h1-5,9H,6H2,(H3,13,15,16). The first-order chi connectivity index (χ1) is 8.08. The van der Waals surface area contributed by atoms with Gasteiger partial charge in [-0.3, -0.25) is 0 Å². The molecular weight excluding hydrogens is 232 g/mol. The Morgan fingerprint density at radius 3 is 3.00 bits per heavy atom. The quantitative estimate of drug-likeness (QED) is 0.604. The summed E-state index contributed by atoms with van der Waals surface area (Å²) in [4.78, 5) is 10.3. The Morgan fingerprint density at radius 2 is 2.35 bits per heavy atom. The average molecular weight is 243 g/mol. The van der Waals surface area contributed by atoms with Crippen LogP contribution in [0.15, 0.2) is 29.4 Å². The normalized spacial score (nSPS) is 10.8. The van der Waals surface area contributed by atoms with E-state index in [0.717, 1.165) is 0 Å². The van der Waals surface area contributed by atoms with Crippen molar-refractivity contribution in [3.63, 3.8) is 0 Å². The molecule has 2 amide bonds. The molecule has 0 heterocycles. The molecule has 1 rings (SSSR count). The van der Waals surface area contributed by atoms with Crippen LogP contribution in [0.1, 0.15) is 5.56 Å². The van der Waals surface area contributed by atoms with E-state index in [1.165, 1.54) is 12.3 Å². The van der Waals surface area contributed by atoms with Crippen molar-refractivity contribution in [3.8, 4) is 5.75 Å². The molecule has 0 fully saturated rings. The van der Waals surface area contributed by atoms with Gasteiger partial charge in [-0.05, 0) is 17.7 Å². The number of nitrogens with zero attached hydrogens (tertiary/aromatic N) is 1. The maximum absolute atomic E-state index is 11.9. The molecule has 3 N–H and O–H groups in total. The van der Waals surface area contributed by atoms with Gasteiger partial charge in [0.1, 0.15) is 12.4 Å². The molecule has 0 radical (unpaired) electrons. The van der Waals surface area contributed by atoms with E-state index in [1.807, 2.05) is 5.43 Å². The van der Waals surface area contributed by atoms with Crippen molar-refractivity contribution in [3.05, 3.63) is 29.8 Å². The van der Waals surface area contributed by atoms with Crippen molar-refractivity contribution in [2.45, 2.75) is 6.43 Å². The minimum Gasteiger partial charge on any atom is -0.488 e. The molecule has 5 nitrogen and oxygen atoms in total. The third-order valence-corrected chi connectivity index (χ3v) is 1.62. The number of carbonyl (C=O) groups excluding carboxylic acids is 1. The highest BCUT2D eigenvalue weighted by molar-refractivity contribution is 5.81. The molecule has 0 saturated heterocycles. The summed E-state index contributed by atoms with van der Waals surface area (Å²) in [5, 5.41) is 3.52. The minimum atomic E-state index is -2.52. The number of hydrogen-bond donors (Lipinski definition) is 2. The van der Waals surface area contributed by atoms with Crippen LogP contribution >= 0.6 is 0 Å². The molecule has 0 aliphatic rings. The third-order valence-electron chi connectivity index (χ3n) is 1.62. The van der Waals surface area contributed by atoms with Crippen LogP contribution < -0.4 is 15.9 Å². The second-order valence-electron chi connectivity index (χ2n) is 3.01. The van der Waals surface area contributed by atoms with Crippen molar-refractivity contribution in [2.24, 2.45) is 10.8 Å². The molecule has 0 spiro atoms. The summed E-state index contributed by atoms with van der Waals surface area (Å²) in [5.41, 5.74) is 7.40. The van der Waals surface area contributed by atoms with Crippen molar-refractivity contribution in [1.29, 1.82) is 0 Å². The monoisotopic (exact) mass is 243 g/mol. The third kappa shape index (κ3) is 5.45. The molecular formula is C10H11F2N3O2. The van der Waals surface area contributed by atoms with Gasteiger partial charge in [-0.25, -0.2) is 19.0 Å². The number of benzene rings is 1. The van der Waals surface area contributed by atoms with Gasteiger partial charge in [-0.1, -0.05) is 12.1 Å². The highest BCUT2D eigenvalue weighted by Gasteiger charge is 2.03. The molecule has 1 aromatic rings. The zero-order valence-corrected chi connectivity index (χ0v) is 8.77. The zero-order chi connectivity index (χ0) is 12.7. The van der Waals surface area contributed by atoms with Gasteiger partial charge in [0, 0.05) is 0 Å². The predicted octanol–water partition coefficient (Wildman–Crippen LogP) is 1.33. The Morgan fingerprint density at radius 1 is 1.59 bits per heavy atom. The first-order valence-electron chi connectivity index (χ1n) is 4.67. The van der Waals surface area contributed by atoms with E-state index in [4.69, 9.17) is 10.5 Å². The number of urea groups is 1. The van der Waals surface area contributed by atoms with Crippen LogP contribution in [0.25, 0.3) is 0 Å². The van der Waals surface area contributed by atoms with Crippen molar-refractivity contribution < 1.29 is 18.3 Å². The molecule has 92 valence electrons. The molecule has 0 unspecified atom stereocenters. The molecule has 0 aliphatic carbocycles. The Labute approximate surface area is 96.3 Å². The number of nitrogens with one attached hydrogen (secondary N) is 1. The summed E-state index contributed by atoms with van der Waals surface area (Å²) in [6.07, 6.45) is -1.20. The SMILES string of the molecule is NC(=O)NN=Cc1cccc(OCC(F)F)c1. The maximum atomic E-state index is 11.9. The van der Waals surface area contributed by atoms with Gasteiger partial charge >= 0.3 is 6.03 Å². The average Bonchev–Trinajstić information content (AvgIpc) is 2.26. The van der Waals surface area contributed by atoms with Crippen LogP contribution in [-0.4, -0.2) is 25.3 Å². The van der Waals surface area contributed by atoms with Gasteiger partial charge in [-0.2, -0.15) is 5.10 Å². The van der Waals surface area contributed by atoms with Crippen molar-refractivity contribution in [1.82, 2.24) is 5.43 Å². The number of hydrogen-bond acceptors (Lipinski definition) is 3. The van der Waals surface area contributed by atoms with Crippen LogP contribution in [0.3, 0.4) is 0 Å². The van der Waals surface area contributed by atoms with Gasteiger partial charge in [-0.15, -0.1) is 0 Å². The Hall–Kier alpha value is -2.18. The number of hydrazone groups is 1. The number of carbonyl (C=O) groups is 1.